The molecule has 0 saturated heterocycles. The fourth-order valence-electron chi connectivity index (χ4n) is 2.12. The quantitative estimate of drug-likeness (QED) is 0.671. The molecule has 1 aromatic carbocycles. The van der Waals surface area contributed by atoms with E-state index in [-0.39, 0.29) is 0 Å². The van der Waals surface area contributed by atoms with Crippen LogP contribution in [0.3, 0.4) is 0 Å². The first kappa shape index (κ1) is 10.9. The van der Waals surface area contributed by atoms with Crippen molar-refractivity contribution in [2.75, 3.05) is 0 Å². The molecule has 1 aliphatic carbocycles. The van der Waals surface area contributed by atoms with E-state index in [2.05, 4.69) is 15.1 Å². The Hall–Kier alpha value is -1.94. The average Bonchev–Trinajstić information content (AvgIpc) is 3.20. The van der Waals surface area contributed by atoms with Crippen LogP contribution >= 0.6 is 11.6 Å². The van der Waals surface area contributed by atoms with E-state index in [0.717, 1.165) is 17.1 Å². The summed E-state index contributed by atoms with van der Waals surface area (Å²) in [6.07, 6.45) is 2.33. The third-order valence-electron chi connectivity index (χ3n) is 3.30. The van der Waals surface area contributed by atoms with Gasteiger partial charge >= 0.3 is 0 Å². The SMILES string of the molecule is Clc1cc(-c2ccccc2)nc2nc(C3CC3)nn12. The van der Waals surface area contributed by atoms with E-state index in [1.165, 1.54) is 12.8 Å². The number of hydrogen-bond acceptors (Lipinski definition) is 3. The molecular formula is C14H11ClN4. The van der Waals surface area contributed by atoms with Gasteiger partial charge < -0.3 is 0 Å². The third-order valence-corrected chi connectivity index (χ3v) is 3.57. The third kappa shape index (κ3) is 1.88. The predicted molar refractivity (Wildman–Crippen MR) is 73.2 cm³/mol. The number of halogens is 1. The molecule has 94 valence electrons. The van der Waals surface area contributed by atoms with Gasteiger partial charge in [-0.25, -0.2) is 4.98 Å². The van der Waals surface area contributed by atoms with Crippen LogP contribution in [0.2, 0.25) is 5.15 Å². The lowest BCUT2D eigenvalue weighted by atomic mass is 10.1. The van der Waals surface area contributed by atoms with Gasteiger partial charge in [0.25, 0.3) is 5.78 Å². The minimum atomic E-state index is 0.498. The van der Waals surface area contributed by atoms with E-state index < -0.39 is 0 Å². The molecule has 0 N–H and O–H groups in total. The van der Waals surface area contributed by atoms with Gasteiger partial charge in [-0.05, 0) is 12.8 Å². The topological polar surface area (TPSA) is 43.1 Å². The molecule has 3 aromatic rings. The molecule has 4 nitrogen and oxygen atoms in total. The van der Waals surface area contributed by atoms with Crippen LogP contribution < -0.4 is 0 Å². The van der Waals surface area contributed by atoms with E-state index >= 15 is 0 Å². The molecule has 0 unspecified atom stereocenters. The van der Waals surface area contributed by atoms with Crippen LogP contribution in [0.15, 0.2) is 36.4 Å². The summed E-state index contributed by atoms with van der Waals surface area (Å²) in [7, 11) is 0. The van der Waals surface area contributed by atoms with Crippen LogP contribution in [-0.2, 0) is 0 Å². The molecule has 0 radical (unpaired) electrons. The van der Waals surface area contributed by atoms with Gasteiger partial charge in [-0.3, -0.25) is 0 Å². The summed E-state index contributed by atoms with van der Waals surface area (Å²) in [5, 5.41) is 4.96. The molecule has 1 fully saturated rings. The fraction of sp³-hybridized carbons (Fsp3) is 0.214. The van der Waals surface area contributed by atoms with Crippen molar-refractivity contribution in [1.29, 1.82) is 0 Å². The number of rotatable bonds is 2. The molecule has 2 aromatic heterocycles. The highest BCUT2D eigenvalue weighted by atomic mass is 35.5. The molecule has 0 spiro atoms. The highest BCUT2D eigenvalue weighted by molar-refractivity contribution is 6.29. The Balaban J connectivity index is 1.89. The molecule has 1 aliphatic rings. The van der Waals surface area contributed by atoms with Crippen molar-refractivity contribution in [3.63, 3.8) is 0 Å². The highest BCUT2D eigenvalue weighted by Gasteiger charge is 2.28. The maximum atomic E-state index is 6.27. The van der Waals surface area contributed by atoms with Crippen molar-refractivity contribution < 1.29 is 0 Å². The molecule has 5 heteroatoms. The summed E-state index contributed by atoms with van der Waals surface area (Å²) < 4.78 is 1.61. The van der Waals surface area contributed by atoms with Gasteiger partial charge in [0.15, 0.2) is 5.82 Å². The van der Waals surface area contributed by atoms with Crippen molar-refractivity contribution in [3.05, 3.63) is 47.4 Å². The van der Waals surface area contributed by atoms with Crippen molar-refractivity contribution in [2.45, 2.75) is 18.8 Å². The normalized spacial score (nSPS) is 15.0. The molecule has 0 bridgehead atoms. The molecule has 0 amide bonds. The van der Waals surface area contributed by atoms with E-state index in [9.17, 15) is 0 Å². The molecule has 0 atom stereocenters. The average molecular weight is 271 g/mol. The lowest BCUT2D eigenvalue weighted by molar-refractivity contribution is 0.874. The summed E-state index contributed by atoms with van der Waals surface area (Å²) in [5.74, 6) is 1.94. The smallest absolute Gasteiger partial charge is 0.211 e. The molecule has 4 rings (SSSR count). The zero-order chi connectivity index (χ0) is 12.8. The second-order valence-corrected chi connectivity index (χ2v) is 5.17. The minimum absolute atomic E-state index is 0.498. The van der Waals surface area contributed by atoms with Gasteiger partial charge in [-0.2, -0.15) is 9.50 Å². The van der Waals surface area contributed by atoms with Crippen LogP contribution in [-0.4, -0.2) is 19.6 Å². The van der Waals surface area contributed by atoms with Gasteiger partial charge in [-0.15, -0.1) is 5.10 Å². The van der Waals surface area contributed by atoms with Crippen molar-refractivity contribution in [3.8, 4) is 11.3 Å². The fourth-order valence-corrected chi connectivity index (χ4v) is 2.34. The van der Waals surface area contributed by atoms with Gasteiger partial charge in [0.1, 0.15) is 5.15 Å². The summed E-state index contributed by atoms with van der Waals surface area (Å²) in [6, 6.07) is 11.8. The van der Waals surface area contributed by atoms with Crippen LogP contribution in [0.1, 0.15) is 24.6 Å². The highest BCUT2D eigenvalue weighted by Crippen LogP contribution is 2.38. The monoisotopic (exact) mass is 270 g/mol. The number of fused-ring (bicyclic) bond motifs is 1. The van der Waals surface area contributed by atoms with Crippen LogP contribution in [0.4, 0.5) is 0 Å². The number of aromatic nitrogens is 4. The van der Waals surface area contributed by atoms with E-state index in [1.54, 1.807) is 4.52 Å². The van der Waals surface area contributed by atoms with Crippen molar-refractivity contribution in [2.24, 2.45) is 0 Å². The lowest BCUT2D eigenvalue weighted by Crippen LogP contribution is -1.95. The first-order chi connectivity index (χ1) is 9.31. The van der Waals surface area contributed by atoms with E-state index in [1.807, 2.05) is 36.4 Å². The second kappa shape index (κ2) is 4.03. The molecule has 19 heavy (non-hydrogen) atoms. The maximum absolute atomic E-state index is 6.27. The zero-order valence-corrected chi connectivity index (χ0v) is 10.9. The van der Waals surface area contributed by atoms with Gasteiger partial charge in [0.2, 0.25) is 0 Å². The number of benzene rings is 1. The summed E-state index contributed by atoms with van der Waals surface area (Å²) >= 11 is 6.27. The van der Waals surface area contributed by atoms with Crippen molar-refractivity contribution in [1.82, 2.24) is 19.6 Å². The van der Waals surface area contributed by atoms with Crippen LogP contribution in [0.25, 0.3) is 17.0 Å². The minimum Gasteiger partial charge on any atom is -0.211 e. The molecular weight excluding hydrogens is 260 g/mol. The Morgan fingerprint density at radius 3 is 2.63 bits per heavy atom. The first-order valence-electron chi connectivity index (χ1n) is 6.30. The van der Waals surface area contributed by atoms with E-state index in [0.29, 0.717) is 16.8 Å². The number of hydrogen-bond donors (Lipinski definition) is 0. The number of nitrogens with zero attached hydrogens (tertiary/aromatic N) is 4. The van der Waals surface area contributed by atoms with Gasteiger partial charge in [0, 0.05) is 17.5 Å². The Bertz CT molecular complexity index is 747. The molecule has 1 saturated carbocycles. The summed E-state index contributed by atoms with van der Waals surface area (Å²) in [4.78, 5) is 9.02. The summed E-state index contributed by atoms with van der Waals surface area (Å²) in [5.41, 5.74) is 1.86. The standard InChI is InChI=1S/C14H11ClN4/c15-12-8-11(9-4-2-1-3-5-9)16-14-17-13(10-6-7-10)18-19(12)14/h1-5,8,10H,6-7H2. The lowest BCUT2D eigenvalue weighted by Gasteiger charge is -2.02. The predicted octanol–water partition coefficient (Wildman–Crippen LogP) is 3.32. The largest absolute Gasteiger partial charge is 0.254 e. The molecule has 0 aliphatic heterocycles. The summed E-state index contributed by atoms with van der Waals surface area (Å²) in [6.45, 7) is 0. The zero-order valence-electron chi connectivity index (χ0n) is 10.1. The Morgan fingerprint density at radius 1 is 1.11 bits per heavy atom. The van der Waals surface area contributed by atoms with Gasteiger partial charge in [-0.1, -0.05) is 41.9 Å². The molecule has 2 heterocycles. The Labute approximate surface area is 115 Å². The first-order valence-corrected chi connectivity index (χ1v) is 6.68. The second-order valence-electron chi connectivity index (χ2n) is 4.79. The van der Waals surface area contributed by atoms with Crippen LogP contribution in [0, 0.1) is 0 Å². The Kier molecular flexibility index (Phi) is 2.32. The van der Waals surface area contributed by atoms with Gasteiger partial charge in [0.05, 0.1) is 5.69 Å². The Morgan fingerprint density at radius 2 is 1.89 bits per heavy atom. The maximum Gasteiger partial charge on any atom is 0.254 e. The van der Waals surface area contributed by atoms with Crippen molar-refractivity contribution >= 4 is 17.4 Å². The van der Waals surface area contributed by atoms with E-state index in [4.69, 9.17) is 11.6 Å². The van der Waals surface area contributed by atoms with Crippen LogP contribution in [0.5, 0.6) is 0 Å².